The van der Waals surface area contributed by atoms with Crippen molar-refractivity contribution >= 4 is 37.3 Å². The summed E-state index contributed by atoms with van der Waals surface area (Å²) in [6.07, 6.45) is 2.21. The number of thiophene rings is 1. The van der Waals surface area contributed by atoms with Crippen molar-refractivity contribution in [2.24, 2.45) is 5.41 Å². The Bertz CT molecular complexity index is 550. The average Bonchev–Trinajstić information content (AvgIpc) is 2.96. The Balaban J connectivity index is 2.08. The van der Waals surface area contributed by atoms with Gasteiger partial charge in [-0.05, 0) is 46.8 Å². The lowest BCUT2D eigenvalue weighted by Crippen LogP contribution is -2.29. The second-order valence-corrected chi connectivity index (χ2v) is 9.46. The van der Waals surface area contributed by atoms with Crippen molar-refractivity contribution in [3.05, 3.63) is 14.7 Å². The van der Waals surface area contributed by atoms with E-state index in [1.165, 1.54) is 11.3 Å². The van der Waals surface area contributed by atoms with Crippen LogP contribution in [0.2, 0.25) is 0 Å². The fourth-order valence-electron chi connectivity index (χ4n) is 1.65. The molecule has 1 aromatic heterocycles. The number of hydrogen-bond acceptors (Lipinski definition) is 4. The Kier molecular flexibility index (Phi) is 4.72. The lowest BCUT2D eigenvalue weighted by atomic mass is 10.2. The molecule has 1 heterocycles. The van der Waals surface area contributed by atoms with E-state index in [4.69, 9.17) is 0 Å². The Labute approximate surface area is 127 Å². The summed E-state index contributed by atoms with van der Waals surface area (Å²) in [6.45, 7) is 6.23. The first-order chi connectivity index (χ1) is 8.86. The molecule has 2 rings (SSSR count). The average molecular weight is 367 g/mol. The molecule has 1 saturated carbocycles. The molecule has 0 bridgehead atoms. The van der Waals surface area contributed by atoms with Gasteiger partial charge in [0.15, 0.2) is 0 Å². The van der Waals surface area contributed by atoms with Crippen LogP contribution >= 0.6 is 27.3 Å². The Morgan fingerprint density at radius 2 is 2.16 bits per heavy atom. The molecule has 1 aliphatic rings. The van der Waals surface area contributed by atoms with Crippen molar-refractivity contribution in [3.8, 4) is 0 Å². The zero-order chi connectivity index (χ0) is 14.1. The molecule has 0 saturated heterocycles. The number of rotatable bonds is 7. The molecule has 0 aliphatic heterocycles. The highest BCUT2D eigenvalue weighted by Crippen LogP contribution is 2.44. The topological polar surface area (TPSA) is 58.2 Å². The van der Waals surface area contributed by atoms with Gasteiger partial charge in [-0.25, -0.2) is 13.1 Å². The first kappa shape index (κ1) is 15.4. The summed E-state index contributed by atoms with van der Waals surface area (Å²) < 4.78 is 27.9. The van der Waals surface area contributed by atoms with Gasteiger partial charge in [-0.3, -0.25) is 0 Å². The van der Waals surface area contributed by atoms with Gasteiger partial charge in [0.25, 0.3) is 0 Å². The van der Waals surface area contributed by atoms with Gasteiger partial charge in [0.05, 0.1) is 3.79 Å². The van der Waals surface area contributed by atoms with E-state index in [-0.39, 0.29) is 5.41 Å². The molecule has 108 valence electrons. The second-order valence-electron chi connectivity index (χ2n) is 5.27. The molecule has 4 nitrogen and oxygen atoms in total. The summed E-state index contributed by atoms with van der Waals surface area (Å²) in [5, 5.41) is 3.20. The van der Waals surface area contributed by atoms with E-state index < -0.39 is 10.0 Å². The van der Waals surface area contributed by atoms with Gasteiger partial charge < -0.3 is 5.32 Å². The van der Waals surface area contributed by atoms with Gasteiger partial charge in [0.2, 0.25) is 10.0 Å². The van der Waals surface area contributed by atoms with Crippen LogP contribution in [-0.2, 0) is 16.6 Å². The van der Waals surface area contributed by atoms with Crippen LogP contribution in [-0.4, -0.2) is 21.5 Å². The normalized spacial score (nSPS) is 17.6. The molecular formula is C12H19BrN2O2S2. The predicted octanol–water partition coefficient (Wildman–Crippen LogP) is 2.70. The van der Waals surface area contributed by atoms with Crippen LogP contribution in [0.1, 0.15) is 31.6 Å². The molecule has 0 amide bonds. The Morgan fingerprint density at radius 1 is 1.47 bits per heavy atom. The van der Waals surface area contributed by atoms with Crippen LogP contribution < -0.4 is 10.0 Å². The van der Waals surface area contributed by atoms with E-state index in [0.29, 0.717) is 21.8 Å². The van der Waals surface area contributed by atoms with Gasteiger partial charge in [-0.1, -0.05) is 13.8 Å². The maximum atomic E-state index is 12.3. The third-order valence-corrected chi connectivity index (χ3v) is 6.99. The van der Waals surface area contributed by atoms with Crippen molar-refractivity contribution in [2.75, 3.05) is 13.1 Å². The molecule has 0 aromatic carbocycles. The fourth-order valence-corrected chi connectivity index (χ4v) is 5.50. The zero-order valence-electron chi connectivity index (χ0n) is 11.1. The third-order valence-electron chi connectivity index (χ3n) is 3.34. The molecule has 0 radical (unpaired) electrons. The first-order valence-electron chi connectivity index (χ1n) is 6.35. The Hall–Kier alpha value is 0.0500. The fraction of sp³-hybridized carbons (Fsp3) is 0.667. The summed E-state index contributed by atoms with van der Waals surface area (Å²) >= 11 is 4.82. The van der Waals surface area contributed by atoms with Crippen LogP contribution in [0.3, 0.4) is 0 Å². The minimum Gasteiger partial charge on any atom is -0.312 e. The van der Waals surface area contributed by atoms with Gasteiger partial charge in [-0.15, -0.1) is 11.3 Å². The van der Waals surface area contributed by atoms with Crippen molar-refractivity contribution in [1.29, 1.82) is 0 Å². The van der Waals surface area contributed by atoms with E-state index in [2.05, 4.69) is 32.9 Å². The molecule has 0 spiro atoms. The van der Waals surface area contributed by atoms with Crippen molar-refractivity contribution in [1.82, 2.24) is 10.0 Å². The summed E-state index contributed by atoms with van der Waals surface area (Å²) in [5.41, 5.74) is 0.169. The maximum absolute atomic E-state index is 12.3. The minimum atomic E-state index is -3.40. The smallest absolute Gasteiger partial charge is 0.242 e. The maximum Gasteiger partial charge on any atom is 0.242 e. The molecule has 1 aliphatic carbocycles. The van der Waals surface area contributed by atoms with Crippen molar-refractivity contribution in [2.45, 2.75) is 38.1 Å². The molecule has 0 unspecified atom stereocenters. The highest BCUT2D eigenvalue weighted by atomic mass is 79.9. The van der Waals surface area contributed by atoms with Gasteiger partial charge in [-0.2, -0.15) is 0 Å². The van der Waals surface area contributed by atoms with Crippen LogP contribution in [0.25, 0.3) is 0 Å². The lowest BCUT2D eigenvalue weighted by Gasteiger charge is -2.10. The SMILES string of the molecule is CCNCc1cc(S(=O)(=O)NCC2(C)CC2)c(Br)s1. The predicted molar refractivity (Wildman–Crippen MR) is 81.9 cm³/mol. The monoisotopic (exact) mass is 366 g/mol. The quantitative estimate of drug-likeness (QED) is 0.779. The third kappa shape index (κ3) is 4.01. The highest BCUT2D eigenvalue weighted by molar-refractivity contribution is 9.11. The standard InChI is InChI=1S/C12H19BrN2O2S2/c1-3-14-7-9-6-10(11(13)18-9)19(16,17)15-8-12(2)4-5-12/h6,14-15H,3-5,7-8H2,1-2H3. The minimum absolute atomic E-state index is 0.169. The van der Waals surface area contributed by atoms with Crippen molar-refractivity contribution < 1.29 is 8.42 Å². The van der Waals surface area contributed by atoms with Gasteiger partial charge in [0, 0.05) is 18.0 Å². The zero-order valence-corrected chi connectivity index (χ0v) is 14.3. The number of sulfonamides is 1. The molecular weight excluding hydrogens is 348 g/mol. The van der Waals surface area contributed by atoms with Crippen LogP contribution in [0.15, 0.2) is 14.7 Å². The van der Waals surface area contributed by atoms with E-state index in [9.17, 15) is 8.42 Å². The first-order valence-corrected chi connectivity index (χ1v) is 9.44. The van der Waals surface area contributed by atoms with Gasteiger partial charge >= 0.3 is 0 Å². The molecule has 19 heavy (non-hydrogen) atoms. The molecule has 2 N–H and O–H groups in total. The van der Waals surface area contributed by atoms with Crippen LogP contribution in [0.5, 0.6) is 0 Å². The lowest BCUT2D eigenvalue weighted by molar-refractivity contribution is 0.530. The molecule has 1 fully saturated rings. The van der Waals surface area contributed by atoms with E-state index in [1.807, 2.05) is 6.92 Å². The number of nitrogens with one attached hydrogen (secondary N) is 2. The highest BCUT2D eigenvalue weighted by Gasteiger charge is 2.38. The second kappa shape index (κ2) is 5.81. The number of halogens is 1. The van der Waals surface area contributed by atoms with Crippen LogP contribution in [0, 0.1) is 5.41 Å². The van der Waals surface area contributed by atoms with E-state index >= 15 is 0 Å². The van der Waals surface area contributed by atoms with Crippen molar-refractivity contribution in [3.63, 3.8) is 0 Å². The molecule has 7 heteroatoms. The summed E-state index contributed by atoms with van der Waals surface area (Å²) in [7, 11) is -3.40. The summed E-state index contributed by atoms with van der Waals surface area (Å²) in [6, 6.07) is 1.75. The van der Waals surface area contributed by atoms with Gasteiger partial charge in [0.1, 0.15) is 4.90 Å². The molecule has 0 atom stereocenters. The molecule has 1 aromatic rings. The number of hydrogen-bond donors (Lipinski definition) is 2. The largest absolute Gasteiger partial charge is 0.312 e. The summed E-state index contributed by atoms with van der Waals surface area (Å²) in [5.74, 6) is 0. The van der Waals surface area contributed by atoms with Crippen LogP contribution in [0.4, 0.5) is 0 Å². The van der Waals surface area contributed by atoms with E-state index in [1.54, 1.807) is 6.07 Å². The Morgan fingerprint density at radius 3 is 2.74 bits per heavy atom. The summed E-state index contributed by atoms with van der Waals surface area (Å²) in [4.78, 5) is 1.38. The van der Waals surface area contributed by atoms with E-state index in [0.717, 1.165) is 24.3 Å².